The Labute approximate surface area is 102 Å². The van der Waals surface area contributed by atoms with Gasteiger partial charge in [0.25, 0.3) is 0 Å². The first-order valence-electron chi connectivity index (χ1n) is 6.00. The zero-order chi connectivity index (χ0) is 12.6. The molecule has 1 aliphatic rings. The molecule has 0 bridgehead atoms. The summed E-state index contributed by atoms with van der Waals surface area (Å²) in [6.45, 7) is 6.50. The van der Waals surface area contributed by atoms with Crippen LogP contribution >= 0.6 is 0 Å². The standard InChI is InChI=1S/C11H19N3O2S/c1-4-10-9-7-14(17(15,16)8(2)3)6-5-11(9)13-12-10/h8H,4-7H2,1-3H3,(H,12,13). The van der Waals surface area contributed by atoms with Crippen molar-refractivity contribution in [2.45, 2.75) is 45.4 Å². The molecule has 5 nitrogen and oxygen atoms in total. The first-order valence-corrected chi connectivity index (χ1v) is 7.51. The highest BCUT2D eigenvalue weighted by molar-refractivity contribution is 7.89. The zero-order valence-electron chi connectivity index (χ0n) is 10.5. The summed E-state index contributed by atoms with van der Waals surface area (Å²) in [7, 11) is -3.15. The van der Waals surface area contributed by atoms with Crippen LogP contribution in [0.4, 0.5) is 0 Å². The largest absolute Gasteiger partial charge is 0.282 e. The summed E-state index contributed by atoms with van der Waals surface area (Å²) < 4.78 is 25.8. The van der Waals surface area contributed by atoms with Crippen molar-refractivity contribution >= 4 is 10.0 Å². The van der Waals surface area contributed by atoms with Crippen LogP contribution in [-0.2, 0) is 29.4 Å². The van der Waals surface area contributed by atoms with E-state index in [4.69, 9.17) is 0 Å². The van der Waals surface area contributed by atoms with Crippen molar-refractivity contribution in [2.75, 3.05) is 6.54 Å². The SMILES string of the molecule is CCc1n[nH]c2c1CN(S(=O)(=O)C(C)C)CC2. The van der Waals surface area contributed by atoms with Crippen LogP contribution in [-0.4, -0.2) is 34.7 Å². The summed E-state index contributed by atoms with van der Waals surface area (Å²) >= 11 is 0. The number of rotatable bonds is 3. The van der Waals surface area contributed by atoms with Crippen LogP contribution < -0.4 is 0 Å². The van der Waals surface area contributed by atoms with Crippen LogP contribution in [0.3, 0.4) is 0 Å². The van der Waals surface area contributed by atoms with Gasteiger partial charge in [0.1, 0.15) is 0 Å². The van der Waals surface area contributed by atoms with Crippen molar-refractivity contribution in [3.05, 3.63) is 17.0 Å². The van der Waals surface area contributed by atoms with E-state index < -0.39 is 10.0 Å². The summed E-state index contributed by atoms with van der Waals surface area (Å²) in [5, 5.41) is 6.88. The normalized spacial score (nSPS) is 17.4. The quantitative estimate of drug-likeness (QED) is 0.880. The molecule has 0 spiro atoms. The van der Waals surface area contributed by atoms with E-state index in [2.05, 4.69) is 10.2 Å². The molecule has 0 aromatic carbocycles. The molecule has 17 heavy (non-hydrogen) atoms. The Hall–Kier alpha value is -0.880. The average molecular weight is 257 g/mol. The highest BCUT2D eigenvalue weighted by atomic mass is 32.2. The third-order valence-corrected chi connectivity index (χ3v) is 5.50. The molecule has 0 amide bonds. The minimum atomic E-state index is -3.15. The maximum atomic E-state index is 12.1. The summed E-state index contributed by atoms with van der Waals surface area (Å²) in [5.41, 5.74) is 3.16. The van der Waals surface area contributed by atoms with Gasteiger partial charge >= 0.3 is 0 Å². The van der Waals surface area contributed by atoms with Gasteiger partial charge in [-0.25, -0.2) is 8.42 Å². The lowest BCUT2D eigenvalue weighted by atomic mass is 10.1. The maximum Gasteiger partial charge on any atom is 0.216 e. The number of fused-ring (bicyclic) bond motifs is 1. The monoisotopic (exact) mass is 257 g/mol. The molecule has 0 saturated heterocycles. The van der Waals surface area contributed by atoms with Crippen LogP contribution in [0, 0.1) is 0 Å². The average Bonchev–Trinajstić information content (AvgIpc) is 2.70. The summed E-state index contributed by atoms with van der Waals surface area (Å²) in [6, 6.07) is 0. The van der Waals surface area contributed by atoms with Gasteiger partial charge in [-0.1, -0.05) is 6.92 Å². The number of aromatic amines is 1. The Morgan fingerprint density at radius 1 is 1.47 bits per heavy atom. The molecule has 0 unspecified atom stereocenters. The molecule has 0 radical (unpaired) electrons. The molecule has 1 aromatic rings. The number of nitrogens with zero attached hydrogens (tertiary/aromatic N) is 2. The lowest BCUT2D eigenvalue weighted by molar-refractivity contribution is 0.384. The third-order valence-electron chi connectivity index (χ3n) is 3.27. The van der Waals surface area contributed by atoms with E-state index in [1.807, 2.05) is 6.92 Å². The highest BCUT2D eigenvalue weighted by Crippen LogP contribution is 2.24. The van der Waals surface area contributed by atoms with E-state index >= 15 is 0 Å². The van der Waals surface area contributed by atoms with Crippen molar-refractivity contribution in [3.8, 4) is 0 Å². The Bertz CT molecular complexity index is 491. The smallest absolute Gasteiger partial charge is 0.216 e. The molecule has 0 saturated carbocycles. The second-order valence-electron chi connectivity index (χ2n) is 4.66. The molecule has 0 atom stereocenters. The van der Waals surface area contributed by atoms with Crippen LogP contribution in [0.25, 0.3) is 0 Å². The Morgan fingerprint density at radius 3 is 2.76 bits per heavy atom. The molecule has 1 aromatic heterocycles. The van der Waals surface area contributed by atoms with E-state index in [1.165, 1.54) is 0 Å². The van der Waals surface area contributed by atoms with Crippen molar-refractivity contribution in [3.63, 3.8) is 0 Å². The highest BCUT2D eigenvalue weighted by Gasteiger charge is 2.31. The van der Waals surface area contributed by atoms with E-state index in [0.717, 1.165) is 29.8 Å². The van der Waals surface area contributed by atoms with Gasteiger partial charge < -0.3 is 0 Å². The van der Waals surface area contributed by atoms with E-state index in [1.54, 1.807) is 18.2 Å². The minimum Gasteiger partial charge on any atom is -0.282 e. The minimum absolute atomic E-state index is 0.360. The number of H-pyrrole nitrogens is 1. The molecular formula is C11H19N3O2S. The van der Waals surface area contributed by atoms with E-state index in [0.29, 0.717) is 13.1 Å². The van der Waals surface area contributed by atoms with Crippen LogP contribution in [0.5, 0.6) is 0 Å². The van der Waals surface area contributed by atoms with Gasteiger partial charge in [0.2, 0.25) is 10.0 Å². The number of hydrogen-bond acceptors (Lipinski definition) is 3. The second kappa shape index (κ2) is 4.42. The Morgan fingerprint density at radius 2 is 2.18 bits per heavy atom. The molecule has 1 N–H and O–H groups in total. The number of nitrogens with one attached hydrogen (secondary N) is 1. The van der Waals surface area contributed by atoms with Crippen molar-refractivity contribution in [2.24, 2.45) is 0 Å². The third kappa shape index (κ3) is 2.11. The number of aryl methyl sites for hydroxylation is 1. The number of hydrogen-bond donors (Lipinski definition) is 1. The van der Waals surface area contributed by atoms with Crippen LogP contribution in [0.2, 0.25) is 0 Å². The topological polar surface area (TPSA) is 66.1 Å². The summed E-state index contributed by atoms with van der Waals surface area (Å²) in [5.74, 6) is 0. The molecule has 1 aliphatic heterocycles. The molecule has 2 heterocycles. The van der Waals surface area contributed by atoms with Crippen LogP contribution in [0.15, 0.2) is 0 Å². The summed E-state index contributed by atoms with van der Waals surface area (Å²) in [4.78, 5) is 0. The predicted octanol–water partition coefficient (Wildman–Crippen LogP) is 1.07. The fourth-order valence-corrected chi connectivity index (χ4v) is 3.39. The first kappa shape index (κ1) is 12.6. The van der Waals surface area contributed by atoms with Crippen molar-refractivity contribution in [1.29, 1.82) is 0 Å². The molecule has 2 rings (SSSR count). The molecule has 6 heteroatoms. The fourth-order valence-electron chi connectivity index (χ4n) is 2.14. The number of aromatic nitrogens is 2. The number of sulfonamides is 1. The van der Waals surface area contributed by atoms with Gasteiger partial charge in [-0.05, 0) is 20.3 Å². The van der Waals surface area contributed by atoms with Gasteiger partial charge in [-0.2, -0.15) is 9.40 Å². The Kier molecular flexibility index (Phi) is 3.27. The lowest BCUT2D eigenvalue weighted by Gasteiger charge is -2.28. The molecular weight excluding hydrogens is 238 g/mol. The lowest BCUT2D eigenvalue weighted by Crippen LogP contribution is -2.39. The van der Waals surface area contributed by atoms with Crippen LogP contribution in [0.1, 0.15) is 37.7 Å². The second-order valence-corrected chi connectivity index (χ2v) is 7.15. The zero-order valence-corrected chi connectivity index (χ0v) is 11.3. The van der Waals surface area contributed by atoms with Gasteiger partial charge in [0.05, 0.1) is 10.9 Å². The van der Waals surface area contributed by atoms with Gasteiger partial charge in [-0.15, -0.1) is 0 Å². The van der Waals surface area contributed by atoms with Crippen molar-refractivity contribution in [1.82, 2.24) is 14.5 Å². The first-order chi connectivity index (χ1) is 7.96. The maximum absolute atomic E-state index is 12.1. The van der Waals surface area contributed by atoms with Gasteiger partial charge in [-0.3, -0.25) is 5.10 Å². The predicted molar refractivity (Wildman–Crippen MR) is 66.1 cm³/mol. The fraction of sp³-hybridized carbons (Fsp3) is 0.727. The van der Waals surface area contributed by atoms with Crippen molar-refractivity contribution < 1.29 is 8.42 Å². The molecule has 96 valence electrons. The van der Waals surface area contributed by atoms with E-state index in [9.17, 15) is 8.42 Å². The van der Waals surface area contributed by atoms with Gasteiger partial charge in [0.15, 0.2) is 0 Å². The summed E-state index contributed by atoms with van der Waals surface area (Å²) in [6.07, 6.45) is 1.57. The Balaban J connectivity index is 2.29. The van der Waals surface area contributed by atoms with Gasteiger partial charge in [0, 0.05) is 30.8 Å². The molecule has 0 fully saturated rings. The van der Waals surface area contributed by atoms with E-state index in [-0.39, 0.29) is 5.25 Å². The molecule has 0 aliphatic carbocycles.